The minimum atomic E-state index is -0.550. The lowest BCUT2D eigenvalue weighted by molar-refractivity contribution is -0.123. The number of carbonyl (C=O) groups excluding carboxylic acids is 2. The largest absolute Gasteiger partial charge is 0.507 e. The third kappa shape index (κ3) is 1.29. The summed E-state index contributed by atoms with van der Waals surface area (Å²) in [4.78, 5) is 21.3. The number of nitrogens with one attached hydrogen (secondary N) is 1. The Morgan fingerprint density at radius 2 is 2.27 bits per heavy atom. The summed E-state index contributed by atoms with van der Waals surface area (Å²) in [7, 11) is 0. The molecule has 0 spiro atoms. The smallest absolute Gasteiger partial charge is 0.262 e. The van der Waals surface area contributed by atoms with Crippen LogP contribution in [0.25, 0.3) is 0 Å². The van der Waals surface area contributed by atoms with Gasteiger partial charge in [0, 0.05) is 6.08 Å². The molecule has 0 aromatic rings. The third-order valence-electron chi connectivity index (χ3n) is 1.31. The van der Waals surface area contributed by atoms with Crippen molar-refractivity contribution in [3.8, 4) is 0 Å². The molecule has 0 fully saturated rings. The van der Waals surface area contributed by atoms with Crippen molar-refractivity contribution in [2.75, 3.05) is 0 Å². The Balaban J connectivity index is 2.97. The van der Waals surface area contributed by atoms with Crippen LogP contribution in [0.1, 0.15) is 6.92 Å². The number of hydrogen-bond donors (Lipinski definition) is 2. The first-order chi connectivity index (χ1) is 5.15. The Hall–Kier alpha value is -1.58. The maximum absolute atomic E-state index is 10.8. The van der Waals surface area contributed by atoms with Crippen molar-refractivity contribution in [3.05, 3.63) is 23.5 Å². The van der Waals surface area contributed by atoms with Crippen LogP contribution in [0.4, 0.5) is 0 Å². The van der Waals surface area contributed by atoms with Crippen LogP contribution in [0, 0.1) is 0 Å². The molecule has 0 aromatic heterocycles. The minimum Gasteiger partial charge on any atom is -0.507 e. The summed E-state index contributed by atoms with van der Waals surface area (Å²) >= 11 is 0. The van der Waals surface area contributed by atoms with Crippen molar-refractivity contribution in [2.45, 2.75) is 6.92 Å². The van der Waals surface area contributed by atoms with Crippen molar-refractivity contribution in [1.82, 2.24) is 5.32 Å². The molecule has 2 amide bonds. The molecule has 0 saturated carbocycles. The Morgan fingerprint density at radius 1 is 1.64 bits per heavy atom. The highest BCUT2D eigenvalue weighted by atomic mass is 16.3. The second-order valence-corrected chi connectivity index (χ2v) is 2.05. The van der Waals surface area contributed by atoms with Crippen LogP contribution in [0.15, 0.2) is 23.5 Å². The molecule has 0 aliphatic carbocycles. The molecule has 0 saturated heterocycles. The van der Waals surface area contributed by atoms with E-state index in [4.69, 9.17) is 5.11 Å². The summed E-state index contributed by atoms with van der Waals surface area (Å²) in [6.07, 6.45) is 2.42. The van der Waals surface area contributed by atoms with Crippen LogP contribution in [0.3, 0.4) is 0 Å². The number of rotatable bonds is 1. The normalized spacial score (nSPS) is 18.3. The minimum absolute atomic E-state index is 0.0255. The fraction of sp³-hybridized carbons (Fsp3) is 0.143. The molecule has 1 aliphatic rings. The molecule has 0 aromatic carbocycles. The van der Waals surface area contributed by atoms with E-state index in [1.807, 2.05) is 5.32 Å². The van der Waals surface area contributed by atoms with Crippen LogP contribution >= 0.6 is 0 Å². The van der Waals surface area contributed by atoms with Crippen molar-refractivity contribution >= 4 is 11.8 Å². The zero-order chi connectivity index (χ0) is 8.43. The molecule has 4 heteroatoms. The van der Waals surface area contributed by atoms with Gasteiger partial charge in [0.25, 0.3) is 11.8 Å². The van der Waals surface area contributed by atoms with Gasteiger partial charge in [0.2, 0.25) is 0 Å². The molecule has 11 heavy (non-hydrogen) atoms. The summed E-state index contributed by atoms with van der Waals surface area (Å²) in [5.74, 6) is -1.21. The summed E-state index contributed by atoms with van der Waals surface area (Å²) in [5, 5.41) is 11.0. The number of aliphatic hydroxyl groups excluding tert-OH is 1. The Kier molecular flexibility index (Phi) is 1.76. The van der Waals surface area contributed by atoms with Crippen LogP contribution in [-0.4, -0.2) is 16.9 Å². The average Bonchev–Trinajstić information content (AvgIpc) is 2.28. The summed E-state index contributed by atoms with van der Waals surface area (Å²) < 4.78 is 0. The first kappa shape index (κ1) is 7.53. The topological polar surface area (TPSA) is 66.4 Å². The van der Waals surface area contributed by atoms with E-state index in [2.05, 4.69) is 0 Å². The van der Waals surface area contributed by atoms with Gasteiger partial charge in [0.1, 0.15) is 5.76 Å². The van der Waals surface area contributed by atoms with Crippen LogP contribution < -0.4 is 5.32 Å². The molecule has 1 heterocycles. The molecular formula is C7H7NO3. The maximum atomic E-state index is 10.8. The van der Waals surface area contributed by atoms with Gasteiger partial charge in [0.05, 0.1) is 5.57 Å². The zero-order valence-electron chi connectivity index (χ0n) is 5.92. The second kappa shape index (κ2) is 2.57. The van der Waals surface area contributed by atoms with Crippen molar-refractivity contribution in [3.63, 3.8) is 0 Å². The molecular weight excluding hydrogens is 146 g/mol. The van der Waals surface area contributed by atoms with Gasteiger partial charge in [-0.15, -0.1) is 0 Å². The van der Waals surface area contributed by atoms with Crippen LogP contribution in [-0.2, 0) is 9.59 Å². The number of amides is 2. The predicted molar refractivity (Wildman–Crippen MR) is 37.6 cm³/mol. The Bertz CT molecular complexity index is 275. The average molecular weight is 153 g/mol. The molecule has 4 nitrogen and oxygen atoms in total. The van der Waals surface area contributed by atoms with Crippen molar-refractivity contribution in [1.29, 1.82) is 0 Å². The van der Waals surface area contributed by atoms with E-state index in [9.17, 15) is 9.59 Å². The fourth-order valence-corrected chi connectivity index (χ4v) is 0.758. The lowest BCUT2D eigenvalue weighted by atomic mass is 10.2. The van der Waals surface area contributed by atoms with Gasteiger partial charge in [-0.25, -0.2) is 0 Å². The highest BCUT2D eigenvalue weighted by Gasteiger charge is 2.22. The number of hydrogen-bond acceptors (Lipinski definition) is 3. The van der Waals surface area contributed by atoms with Gasteiger partial charge in [-0.1, -0.05) is 0 Å². The standard InChI is InChI=1S/C7H7NO3/c1-2-5(9)4-3-6(10)8-7(4)11/h2-3,9H,1H3,(H,8,10,11)/b5-2-. The molecule has 0 bridgehead atoms. The molecule has 58 valence electrons. The second-order valence-electron chi connectivity index (χ2n) is 2.05. The molecule has 0 atom stereocenters. The Morgan fingerprint density at radius 3 is 2.64 bits per heavy atom. The predicted octanol–water partition coefficient (Wildman–Crippen LogP) is 0.0310. The molecule has 0 unspecified atom stereocenters. The number of allylic oxidation sites excluding steroid dienone is 1. The number of carbonyl (C=O) groups is 2. The fourth-order valence-electron chi connectivity index (χ4n) is 0.758. The summed E-state index contributed by atoms with van der Waals surface area (Å²) in [6.45, 7) is 1.58. The number of aliphatic hydroxyl groups is 1. The van der Waals surface area contributed by atoms with Gasteiger partial charge in [0.15, 0.2) is 0 Å². The van der Waals surface area contributed by atoms with E-state index in [1.54, 1.807) is 6.92 Å². The lowest BCUT2D eigenvalue weighted by Crippen LogP contribution is -2.22. The first-order valence-corrected chi connectivity index (χ1v) is 3.08. The summed E-state index contributed by atoms with van der Waals surface area (Å²) in [6, 6.07) is 0. The van der Waals surface area contributed by atoms with Crippen molar-refractivity contribution < 1.29 is 14.7 Å². The SMILES string of the molecule is C/C=C(\O)C1=CC(=O)NC1=O. The van der Waals surface area contributed by atoms with E-state index in [1.165, 1.54) is 6.08 Å². The van der Waals surface area contributed by atoms with Gasteiger partial charge in [-0.3, -0.25) is 14.9 Å². The third-order valence-corrected chi connectivity index (χ3v) is 1.31. The molecule has 0 radical (unpaired) electrons. The van der Waals surface area contributed by atoms with Gasteiger partial charge >= 0.3 is 0 Å². The van der Waals surface area contributed by atoms with Gasteiger partial charge in [-0.2, -0.15) is 0 Å². The highest BCUT2D eigenvalue weighted by Crippen LogP contribution is 2.10. The molecule has 2 N–H and O–H groups in total. The maximum Gasteiger partial charge on any atom is 0.262 e. The zero-order valence-corrected chi connectivity index (χ0v) is 5.92. The van der Waals surface area contributed by atoms with Crippen LogP contribution in [0.2, 0.25) is 0 Å². The quantitative estimate of drug-likeness (QED) is 0.412. The number of imide groups is 1. The Labute approximate surface area is 63.2 Å². The van der Waals surface area contributed by atoms with Crippen molar-refractivity contribution in [2.24, 2.45) is 0 Å². The van der Waals surface area contributed by atoms with E-state index < -0.39 is 11.8 Å². The van der Waals surface area contributed by atoms with E-state index in [0.29, 0.717) is 0 Å². The molecule has 1 aliphatic heterocycles. The highest BCUT2D eigenvalue weighted by molar-refractivity contribution is 6.18. The van der Waals surface area contributed by atoms with E-state index in [0.717, 1.165) is 6.08 Å². The summed E-state index contributed by atoms with van der Waals surface area (Å²) in [5.41, 5.74) is 0.0255. The van der Waals surface area contributed by atoms with Gasteiger partial charge < -0.3 is 5.11 Å². The van der Waals surface area contributed by atoms with E-state index >= 15 is 0 Å². The van der Waals surface area contributed by atoms with E-state index in [-0.39, 0.29) is 11.3 Å². The van der Waals surface area contributed by atoms with Crippen LogP contribution in [0.5, 0.6) is 0 Å². The first-order valence-electron chi connectivity index (χ1n) is 3.08. The molecule has 1 rings (SSSR count). The monoisotopic (exact) mass is 153 g/mol. The lowest BCUT2D eigenvalue weighted by Gasteiger charge is -1.94. The van der Waals surface area contributed by atoms with Gasteiger partial charge in [-0.05, 0) is 13.0 Å².